The van der Waals surface area contributed by atoms with Crippen molar-refractivity contribution in [1.82, 2.24) is 10.2 Å². The number of amides is 1. The lowest BCUT2D eigenvalue weighted by molar-refractivity contribution is -0.123. The van der Waals surface area contributed by atoms with E-state index in [0.29, 0.717) is 17.1 Å². The molecule has 20 heavy (non-hydrogen) atoms. The van der Waals surface area contributed by atoms with E-state index in [4.69, 9.17) is 4.74 Å². The van der Waals surface area contributed by atoms with E-state index in [1.54, 1.807) is 6.07 Å². The third-order valence-electron chi connectivity index (χ3n) is 3.46. The van der Waals surface area contributed by atoms with Crippen molar-refractivity contribution >= 4 is 21.8 Å². The number of halogens is 2. The SMILES string of the molecule is CN1CCC[C@@H]1CNC(=O)COc1ccc(Br)cc1F. The summed E-state index contributed by atoms with van der Waals surface area (Å²) in [5, 5.41) is 2.82. The molecule has 0 bridgehead atoms. The maximum absolute atomic E-state index is 13.5. The van der Waals surface area contributed by atoms with E-state index in [2.05, 4.69) is 33.2 Å². The summed E-state index contributed by atoms with van der Waals surface area (Å²) in [7, 11) is 2.05. The molecule has 1 fully saturated rings. The van der Waals surface area contributed by atoms with E-state index in [9.17, 15) is 9.18 Å². The fraction of sp³-hybridized carbons (Fsp3) is 0.500. The lowest BCUT2D eigenvalue weighted by atomic mass is 10.2. The highest BCUT2D eigenvalue weighted by molar-refractivity contribution is 9.10. The van der Waals surface area contributed by atoms with E-state index >= 15 is 0 Å². The Morgan fingerprint density at radius 1 is 1.60 bits per heavy atom. The van der Waals surface area contributed by atoms with E-state index in [0.717, 1.165) is 19.4 Å². The van der Waals surface area contributed by atoms with Gasteiger partial charge in [-0.25, -0.2) is 4.39 Å². The van der Waals surface area contributed by atoms with Gasteiger partial charge < -0.3 is 15.0 Å². The predicted molar refractivity (Wildman–Crippen MR) is 78.3 cm³/mol. The molecule has 1 aromatic rings. The first-order valence-electron chi connectivity index (χ1n) is 6.61. The molecule has 1 atom stereocenters. The molecule has 6 heteroatoms. The molecule has 0 spiro atoms. The molecule has 110 valence electrons. The minimum Gasteiger partial charge on any atom is -0.481 e. The van der Waals surface area contributed by atoms with Crippen LogP contribution in [0.3, 0.4) is 0 Å². The largest absolute Gasteiger partial charge is 0.481 e. The van der Waals surface area contributed by atoms with Crippen LogP contribution in [-0.2, 0) is 4.79 Å². The van der Waals surface area contributed by atoms with Crippen LogP contribution in [0.5, 0.6) is 5.75 Å². The number of nitrogens with zero attached hydrogens (tertiary/aromatic N) is 1. The molecule has 0 radical (unpaired) electrons. The van der Waals surface area contributed by atoms with E-state index in [1.807, 2.05) is 0 Å². The molecule has 1 aromatic carbocycles. The number of hydrogen-bond donors (Lipinski definition) is 1. The Morgan fingerprint density at radius 2 is 2.40 bits per heavy atom. The van der Waals surface area contributed by atoms with E-state index in [1.165, 1.54) is 12.1 Å². The fourth-order valence-corrected chi connectivity index (χ4v) is 2.59. The zero-order valence-corrected chi connectivity index (χ0v) is 13.0. The van der Waals surface area contributed by atoms with Crippen LogP contribution in [0.1, 0.15) is 12.8 Å². The highest BCUT2D eigenvalue weighted by Crippen LogP contribution is 2.21. The Bertz CT molecular complexity index is 484. The molecule has 1 amide bonds. The Kier molecular flexibility index (Phi) is 5.37. The molecule has 1 heterocycles. The first-order valence-corrected chi connectivity index (χ1v) is 7.40. The second-order valence-electron chi connectivity index (χ2n) is 4.94. The lowest BCUT2D eigenvalue weighted by Gasteiger charge is -2.19. The van der Waals surface area contributed by atoms with Gasteiger partial charge in [-0.2, -0.15) is 0 Å². The minimum absolute atomic E-state index is 0.0846. The normalized spacial score (nSPS) is 19.1. The summed E-state index contributed by atoms with van der Waals surface area (Å²) in [4.78, 5) is 13.9. The Hall–Kier alpha value is -1.14. The van der Waals surface area contributed by atoms with Gasteiger partial charge in [0.2, 0.25) is 0 Å². The topological polar surface area (TPSA) is 41.6 Å². The number of nitrogens with one attached hydrogen (secondary N) is 1. The molecule has 1 aliphatic heterocycles. The summed E-state index contributed by atoms with van der Waals surface area (Å²) in [6.45, 7) is 1.51. The highest BCUT2D eigenvalue weighted by atomic mass is 79.9. The summed E-state index contributed by atoms with van der Waals surface area (Å²) < 4.78 is 19.3. The second kappa shape index (κ2) is 7.04. The molecule has 0 aliphatic carbocycles. The van der Waals surface area contributed by atoms with Gasteiger partial charge in [0.25, 0.3) is 5.91 Å². The molecule has 2 rings (SSSR count). The number of hydrogen-bond acceptors (Lipinski definition) is 3. The first-order chi connectivity index (χ1) is 9.56. The van der Waals surface area contributed by atoms with Gasteiger partial charge in [-0.3, -0.25) is 4.79 Å². The lowest BCUT2D eigenvalue weighted by Crippen LogP contribution is -2.40. The molecule has 1 aliphatic rings. The summed E-state index contributed by atoms with van der Waals surface area (Å²) in [5.74, 6) is -0.628. The average Bonchev–Trinajstić information content (AvgIpc) is 2.81. The van der Waals surface area contributed by atoms with Crippen LogP contribution in [0.25, 0.3) is 0 Å². The molecule has 1 N–H and O–H groups in total. The standard InChI is InChI=1S/C14H18BrFN2O2/c1-18-6-2-3-11(18)8-17-14(19)9-20-13-5-4-10(15)7-12(13)16/h4-5,7,11H,2-3,6,8-9H2,1H3,(H,17,19)/t11-/m1/s1. The fourth-order valence-electron chi connectivity index (χ4n) is 2.26. The maximum Gasteiger partial charge on any atom is 0.257 e. The number of ether oxygens (including phenoxy) is 1. The highest BCUT2D eigenvalue weighted by Gasteiger charge is 2.21. The van der Waals surface area contributed by atoms with Crippen molar-refractivity contribution in [2.24, 2.45) is 0 Å². The van der Waals surface area contributed by atoms with Gasteiger partial charge in [0.15, 0.2) is 18.2 Å². The van der Waals surface area contributed by atoms with Gasteiger partial charge in [0.05, 0.1) is 0 Å². The van der Waals surface area contributed by atoms with Crippen molar-refractivity contribution in [2.45, 2.75) is 18.9 Å². The molecule has 0 unspecified atom stereocenters. The van der Waals surface area contributed by atoms with Crippen LogP contribution >= 0.6 is 15.9 Å². The predicted octanol–water partition coefficient (Wildman–Crippen LogP) is 2.18. The van der Waals surface area contributed by atoms with Crippen LogP contribution in [0.4, 0.5) is 4.39 Å². The third kappa shape index (κ3) is 4.18. The van der Waals surface area contributed by atoms with Crippen molar-refractivity contribution in [3.63, 3.8) is 0 Å². The monoisotopic (exact) mass is 344 g/mol. The molecular weight excluding hydrogens is 327 g/mol. The summed E-state index contributed by atoms with van der Waals surface area (Å²) in [6, 6.07) is 4.87. The number of carbonyl (C=O) groups is 1. The molecular formula is C14H18BrFN2O2. The Labute approximate surface area is 126 Å². The molecule has 1 saturated heterocycles. The van der Waals surface area contributed by atoms with Crippen LogP contribution in [-0.4, -0.2) is 43.6 Å². The second-order valence-corrected chi connectivity index (χ2v) is 5.86. The van der Waals surface area contributed by atoms with Crippen molar-refractivity contribution in [2.75, 3.05) is 26.7 Å². The minimum atomic E-state index is -0.484. The van der Waals surface area contributed by atoms with Crippen molar-refractivity contribution in [3.8, 4) is 5.75 Å². The summed E-state index contributed by atoms with van der Waals surface area (Å²) in [6.07, 6.45) is 2.26. The van der Waals surface area contributed by atoms with Gasteiger partial charge in [-0.1, -0.05) is 15.9 Å². The quantitative estimate of drug-likeness (QED) is 0.890. The zero-order valence-electron chi connectivity index (χ0n) is 11.4. The molecule has 4 nitrogen and oxygen atoms in total. The van der Waals surface area contributed by atoms with Crippen molar-refractivity contribution < 1.29 is 13.9 Å². The van der Waals surface area contributed by atoms with Gasteiger partial charge >= 0.3 is 0 Å². The number of benzene rings is 1. The number of likely N-dealkylation sites (tertiary alicyclic amines) is 1. The molecule has 0 aromatic heterocycles. The number of carbonyl (C=O) groups excluding carboxylic acids is 1. The van der Waals surface area contributed by atoms with Gasteiger partial charge in [-0.05, 0) is 44.6 Å². The van der Waals surface area contributed by atoms with Crippen molar-refractivity contribution in [1.29, 1.82) is 0 Å². The van der Waals surface area contributed by atoms with Crippen LogP contribution in [0, 0.1) is 5.82 Å². The smallest absolute Gasteiger partial charge is 0.257 e. The summed E-state index contributed by atoms with van der Waals surface area (Å²) in [5.41, 5.74) is 0. The van der Waals surface area contributed by atoms with Gasteiger partial charge in [-0.15, -0.1) is 0 Å². The van der Waals surface area contributed by atoms with E-state index in [-0.39, 0.29) is 18.3 Å². The first kappa shape index (κ1) is 15.3. The number of likely N-dealkylation sites (N-methyl/N-ethyl adjacent to an activating group) is 1. The van der Waals surface area contributed by atoms with Crippen LogP contribution < -0.4 is 10.1 Å². The molecule has 0 saturated carbocycles. The summed E-state index contributed by atoms with van der Waals surface area (Å²) >= 11 is 3.16. The Morgan fingerprint density at radius 3 is 3.05 bits per heavy atom. The third-order valence-corrected chi connectivity index (χ3v) is 3.95. The van der Waals surface area contributed by atoms with Gasteiger partial charge in [0.1, 0.15) is 0 Å². The maximum atomic E-state index is 13.5. The van der Waals surface area contributed by atoms with Crippen molar-refractivity contribution in [3.05, 3.63) is 28.5 Å². The number of rotatable bonds is 5. The van der Waals surface area contributed by atoms with Gasteiger partial charge in [0, 0.05) is 17.1 Å². The Balaban J connectivity index is 1.74. The van der Waals surface area contributed by atoms with Crippen LogP contribution in [0.15, 0.2) is 22.7 Å². The zero-order chi connectivity index (χ0) is 14.5. The van der Waals surface area contributed by atoms with Crippen LogP contribution in [0.2, 0.25) is 0 Å². The van der Waals surface area contributed by atoms with E-state index < -0.39 is 5.82 Å². The average molecular weight is 345 g/mol.